The number of nitrogens with zero attached hydrogens (tertiary/aromatic N) is 1. The van der Waals surface area contributed by atoms with E-state index in [0.717, 1.165) is 25.8 Å². The minimum Gasteiger partial charge on any atom is -0.493 e. The number of hydrogen-bond acceptors (Lipinski definition) is 4. The maximum absolute atomic E-state index is 12.9. The lowest BCUT2D eigenvalue weighted by molar-refractivity contribution is 0.0660. The molecule has 0 bridgehead atoms. The highest BCUT2D eigenvalue weighted by atomic mass is 35.5. The largest absolute Gasteiger partial charge is 0.493 e. The van der Waals surface area contributed by atoms with E-state index in [1.54, 1.807) is 19.2 Å². The molecule has 0 aliphatic carbocycles. The quantitative estimate of drug-likeness (QED) is 0.774. The van der Waals surface area contributed by atoms with E-state index in [1.165, 1.54) is 0 Å². The number of amides is 1. The van der Waals surface area contributed by atoms with Crippen molar-refractivity contribution in [1.82, 2.24) is 4.90 Å². The summed E-state index contributed by atoms with van der Waals surface area (Å²) in [6.07, 6.45) is 2.96. The van der Waals surface area contributed by atoms with Gasteiger partial charge in [0.2, 0.25) is 0 Å². The van der Waals surface area contributed by atoms with Crippen LogP contribution in [0, 0.1) is 11.8 Å². The Kier molecular flexibility index (Phi) is 7.59. The number of carbonyl (C=O) groups is 1. The number of rotatable bonds is 7. The van der Waals surface area contributed by atoms with Crippen LogP contribution in [0.2, 0.25) is 5.02 Å². The number of likely N-dealkylation sites (tertiary alicyclic amines) is 1. The third-order valence-corrected chi connectivity index (χ3v) is 5.19. The van der Waals surface area contributed by atoms with Gasteiger partial charge in [-0.25, -0.2) is 0 Å². The van der Waals surface area contributed by atoms with Crippen molar-refractivity contribution in [3.05, 3.63) is 22.7 Å². The molecular weight excluding hydrogens is 352 g/mol. The summed E-state index contributed by atoms with van der Waals surface area (Å²) in [5.74, 6) is 1.83. The van der Waals surface area contributed by atoms with Crippen LogP contribution in [-0.4, -0.2) is 43.7 Å². The second-order valence-corrected chi connectivity index (χ2v) is 7.94. The zero-order valence-corrected chi connectivity index (χ0v) is 17.0. The van der Waals surface area contributed by atoms with Crippen molar-refractivity contribution in [2.24, 2.45) is 17.6 Å². The molecule has 6 heteroatoms. The first-order valence-electron chi connectivity index (χ1n) is 9.38. The van der Waals surface area contributed by atoms with Gasteiger partial charge < -0.3 is 20.1 Å². The van der Waals surface area contributed by atoms with Gasteiger partial charge in [0.15, 0.2) is 11.5 Å². The first-order valence-corrected chi connectivity index (χ1v) is 9.76. The van der Waals surface area contributed by atoms with Crippen molar-refractivity contribution in [3.8, 4) is 11.5 Å². The molecule has 1 fully saturated rings. The van der Waals surface area contributed by atoms with E-state index >= 15 is 0 Å². The Balaban J connectivity index is 2.16. The van der Waals surface area contributed by atoms with Crippen LogP contribution in [0.4, 0.5) is 0 Å². The van der Waals surface area contributed by atoms with Crippen LogP contribution in [0.5, 0.6) is 11.5 Å². The van der Waals surface area contributed by atoms with E-state index < -0.39 is 0 Å². The number of benzene rings is 1. The molecule has 5 nitrogen and oxygen atoms in total. The number of methoxy groups -OCH3 is 1. The molecule has 1 saturated heterocycles. The molecule has 0 saturated carbocycles. The summed E-state index contributed by atoms with van der Waals surface area (Å²) in [5.41, 5.74) is 6.55. The first kappa shape index (κ1) is 20.8. The topological polar surface area (TPSA) is 64.8 Å². The molecule has 0 radical (unpaired) electrons. The van der Waals surface area contributed by atoms with E-state index in [4.69, 9.17) is 26.8 Å². The first-order chi connectivity index (χ1) is 12.3. The number of halogens is 1. The predicted octanol–water partition coefficient (Wildman–Crippen LogP) is 3.97. The van der Waals surface area contributed by atoms with Gasteiger partial charge >= 0.3 is 0 Å². The number of carbonyl (C=O) groups excluding carboxylic acids is 1. The number of piperidine rings is 1. The van der Waals surface area contributed by atoms with E-state index in [0.29, 0.717) is 47.1 Å². The highest BCUT2D eigenvalue weighted by Gasteiger charge is 2.27. The normalized spacial score (nSPS) is 18.7. The van der Waals surface area contributed by atoms with Gasteiger partial charge in [-0.05, 0) is 50.2 Å². The van der Waals surface area contributed by atoms with E-state index in [2.05, 4.69) is 13.8 Å². The van der Waals surface area contributed by atoms with Crippen LogP contribution in [0.1, 0.15) is 50.4 Å². The SMILES string of the molecule is COc1cc(C(=O)N2CCCC(C(C)N)C2)cc(Cl)c1OCCC(C)C. The third-order valence-electron chi connectivity index (χ3n) is 4.91. The molecule has 2 unspecified atom stereocenters. The fraction of sp³-hybridized carbons (Fsp3) is 0.650. The summed E-state index contributed by atoms with van der Waals surface area (Å²) < 4.78 is 11.2. The van der Waals surface area contributed by atoms with E-state index in [9.17, 15) is 4.79 Å². The average molecular weight is 383 g/mol. The Bertz CT molecular complexity index is 619. The van der Waals surface area contributed by atoms with Crippen LogP contribution < -0.4 is 15.2 Å². The monoisotopic (exact) mass is 382 g/mol. The third kappa shape index (κ3) is 5.27. The second kappa shape index (κ2) is 9.47. The highest BCUT2D eigenvalue weighted by molar-refractivity contribution is 6.32. The maximum Gasteiger partial charge on any atom is 0.254 e. The minimum absolute atomic E-state index is 0.0377. The van der Waals surface area contributed by atoms with Crippen molar-refractivity contribution in [1.29, 1.82) is 0 Å². The molecule has 2 N–H and O–H groups in total. The molecule has 1 amide bonds. The molecule has 1 aliphatic rings. The number of nitrogens with two attached hydrogens (primary N) is 1. The molecule has 146 valence electrons. The second-order valence-electron chi connectivity index (χ2n) is 7.53. The molecule has 1 heterocycles. The molecule has 1 aromatic rings. The average Bonchev–Trinajstić information content (AvgIpc) is 2.61. The Morgan fingerprint density at radius 2 is 2.12 bits per heavy atom. The Labute approximate surface area is 161 Å². The molecule has 1 aromatic carbocycles. The summed E-state index contributed by atoms with van der Waals surface area (Å²) in [5, 5.41) is 0.400. The lowest BCUT2D eigenvalue weighted by atomic mass is 9.92. The van der Waals surface area contributed by atoms with Gasteiger partial charge in [0.1, 0.15) is 0 Å². The van der Waals surface area contributed by atoms with Crippen molar-refractivity contribution in [2.45, 2.75) is 46.1 Å². The van der Waals surface area contributed by atoms with Gasteiger partial charge in [0.05, 0.1) is 18.7 Å². The summed E-state index contributed by atoms with van der Waals surface area (Å²) >= 11 is 6.40. The summed E-state index contributed by atoms with van der Waals surface area (Å²) in [7, 11) is 1.56. The molecule has 26 heavy (non-hydrogen) atoms. The van der Waals surface area contributed by atoms with Crippen LogP contribution in [-0.2, 0) is 0 Å². The highest BCUT2D eigenvalue weighted by Crippen LogP contribution is 2.37. The van der Waals surface area contributed by atoms with Crippen molar-refractivity contribution in [2.75, 3.05) is 26.8 Å². The molecule has 0 spiro atoms. The summed E-state index contributed by atoms with van der Waals surface area (Å²) in [4.78, 5) is 14.8. The van der Waals surface area contributed by atoms with Crippen LogP contribution in [0.3, 0.4) is 0 Å². The van der Waals surface area contributed by atoms with Gasteiger partial charge in [-0.3, -0.25) is 4.79 Å². The van der Waals surface area contributed by atoms with E-state index in [1.807, 2.05) is 11.8 Å². The molecule has 0 aromatic heterocycles. The van der Waals surface area contributed by atoms with Gasteiger partial charge in [-0.1, -0.05) is 25.4 Å². The van der Waals surface area contributed by atoms with Gasteiger partial charge in [-0.15, -0.1) is 0 Å². The molecule has 1 aliphatic heterocycles. The maximum atomic E-state index is 12.9. The van der Waals surface area contributed by atoms with Gasteiger partial charge in [-0.2, -0.15) is 0 Å². The zero-order valence-electron chi connectivity index (χ0n) is 16.3. The fourth-order valence-electron chi connectivity index (χ4n) is 3.19. The smallest absolute Gasteiger partial charge is 0.254 e. The Morgan fingerprint density at radius 1 is 1.38 bits per heavy atom. The van der Waals surface area contributed by atoms with Crippen LogP contribution in [0.15, 0.2) is 12.1 Å². The summed E-state index contributed by atoms with van der Waals surface area (Å²) in [6.45, 7) is 8.26. The molecule has 2 atom stereocenters. The Hall–Kier alpha value is -1.46. The standard InChI is InChI=1S/C20H31ClN2O3/c1-13(2)7-9-26-19-17(21)10-16(11-18(19)25-4)20(24)23-8-5-6-15(12-23)14(3)22/h10-11,13-15H,5-9,12,22H2,1-4H3. The van der Waals surface area contributed by atoms with Crippen molar-refractivity contribution in [3.63, 3.8) is 0 Å². The number of ether oxygens (including phenoxy) is 2. The zero-order chi connectivity index (χ0) is 19.3. The van der Waals surface area contributed by atoms with Crippen molar-refractivity contribution >= 4 is 17.5 Å². The van der Waals surface area contributed by atoms with Crippen LogP contribution in [0.25, 0.3) is 0 Å². The lowest BCUT2D eigenvalue weighted by Gasteiger charge is -2.34. The van der Waals surface area contributed by atoms with Gasteiger partial charge in [0, 0.05) is 24.7 Å². The summed E-state index contributed by atoms with van der Waals surface area (Å²) in [6, 6.07) is 3.47. The van der Waals surface area contributed by atoms with Crippen LogP contribution >= 0.6 is 11.6 Å². The van der Waals surface area contributed by atoms with Crippen molar-refractivity contribution < 1.29 is 14.3 Å². The number of hydrogen-bond donors (Lipinski definition) is 1. The Morgan fingerprint density at radius 3 is 2.73 bits per heavy atom. The molecule has 2 rings (SSSR count). The van der Waals surface area contributed by atoms with Gasteiger partial charge in [0.25, 0.3) is 5.91 Å². The molecular formula is C20H31ClN2O3. The predicted molar refractivity (Wildman–Crippen MR) is 105 cm³/mol. The lowest BCUT2D eigenvalue weighted by Crippen LogP contribution is -2.45. The van der Waals surface area contributed by atoms with E-state index in [-0.39, 0.29) is 11.9 Å². The fourth-order valence-corrected chi connectivity index (χ4v) is 3.45. The minimum atomic E-state index is -0.0377.